The highest BCUT2D eigenvalue weighted by Gasteiger charge is 2.08. The van der Waals surface area contributed by atoms with Crippen molar-refractivity contribution in [3.63, 3.8) is 0 Å². The summed E-state index contributed by atoms with van der Waals surface area (Å²) < 4.78 is 5.20. The first kappa shape index (κ1) is 15.7. The summed E-state index contributed by atoms with van der Waals surface area (Å²) in [6.07, 6.45) is 0. The Morgan fingerprint density at radius 3 is 2.54 bits per heavy atom. The number of carbonyl (C=O) groups is 1. The van der Waals surface area contributed by atoms with E-state index in [1.165, 1.54) is 0 Å². The molecule has 1 heterocycles. The van der Waals surface area contributed by atoms with E-state index in [0.717, 1.165) is 11.1 Å². The molecular formula is C18H18N4O2. The topological polar surface area (TPSA) is 80.0 Å². The van der Waals surface area contributed by atoms with Crippen LogP contribution in [-0.4, -0.2) is 29.1 Å². The van der Waals surface area contributed by atoms with Gasteiger partial charge in [0.1, 0.15) is 0 Å². The van der Waals surface area contributed by atoms with E-state index in [1.54, 1.807) is 0 Å². The summed E-state index contributed by atoms with van der Waals surface area (Å²) in [5, 5.41) is 9.73. The number of aryl methyl sites for hydroxylation is 1. The fourth-order valence-electron chi connectivity index (χ4n) is 2.15. The Balaban J connectivity index is 1.46. The smallest absolute Gasteiger partial charge is 0.263 e. The first-order valence-electron chi connectivity index (χ1n) is 7.70. The molecule has 0 atom stereocenters. The van der Waals surface area contributed by atoms with Crippen LogP contribution in [0.1, 0.15) is 15.9 Å². The summed E-state index contributed by atoms with van der Waals surface area (Å²) in [6.45, 7) is 2.95. The number of benzene rings is 2. The maximum atomic E-state index is 12.0. The highest BCUT2D eigenvalue weighted by molar-refractivity contribution is 5.94. The van der Waals surface area contributed by atoms with Crippen molar-refractivity contribution >= 4 is 11.9 Å². The van der Waals surface area contributed by atoms with Crippen molar-refractivity contribution in [3.8, 4) is 11.5 Å². The van der Waals surface area contributed by atoms with Crippen LogP contribution in [0.2, 0.25) is 0 Å². The molecule has 0 bridgehead atoms. The Morgan fingerprint density at radius 2 is 1.79 bits per heavy atom. The van der Waals surface area contributed by atoms with Crippen LogP contribution < -0.4 is 10.6 Å². The van der Waals surface area contributed by atoms with Gasteiger partial charge in [-0.05, 0) is 36.3 Å². The van der Waals surface area contributed by atoms with E-state index in [4.69, 9.17) is 4.52 Å². The lowest BCUT2D eigenvalue weighted by Crippen LogP contribution is -2.28. The lowest BCUT2D eigenvalue weighted by molar-refractivity contribution is 0.0955. The Bertz CT molecular complexity index is 797. The van der Waals surface area contributed by atoms with Crippen LogP contribution >= 0.6 is 0 Å². The molecule has 0 spiro atoms. The molecule has 0 fully saturated rings. The third-order valence-corrected chi connectivity index (χ3v) is 3.45. The minimum atomic E-state index is -0.102. The Hall–Kier alpha value is -3.15. The number of carbonyl (C=O) groups excluding carboxylic acids is 1. The number of nitrogens with zero attached hydrogens (tertiary/aromatic N) is 2. The summed E-state index contributed by atoms with van der Waals surface area (Å²) in [4.78, 5) is 16.2. The second kappa shape index (κ2) is 7.41. The zero-order valence-electron chi connectivity index (χ0n) is 13.3. The average Bonchev–Trinajstić information content (AvgIpc) is 3.09. The van der Waals surface area contributed by atoms with Crippen molar-refractivity contribution in [2.24, 2.45) is 0 Å². The number of rotatable bonds is 6. The van der Waals surface area contributed by atoms with Gasteiger partial charge in [0.2, 0.25) is 0 Å². The molecule has 0 saturated carbocycles. The maximum Gasteiger partial charge on any atom is 0.263 e. The van der Waals surface area contributed by atoms with E-state index < -0.39 is 0 Å². The molecule has 0 radical (unpaired) electrons. The zero-order valence-corrected chi connectivity index (χ0v) is 13.3. The van der Waals surface area contributed by atoms with Crippen LogP contribution in [0.4, 0.5) is 5.95 Å². The van der Waals surface area contributed by atoms with Crippen molar-refractivity contribution in [2.45, 2.75) is 6.92 Å². The Morgan fingerprint density at radius 1 is 1.04 bits per heavy atom. The van der Waals surface area contributed by atoms with Gasteiger partial charge in [0.15, 0.2) is 0 Å². The fraction of sp³-hybridized carbons (Fsp3) is 0.167. The molecule has 0 aliphatic heterocycles. The molecule has 2 N–H and O–H groups in total. The number of nitrogens with one attached hydrogen (secondary N) is 2. The molecular weight excluding hydrogens is 304 g/mol. The van der Waals surface area contributed by atoms with E-state index in [-0.39, 0.29) is 5.91 Å². The van der Waals surface area contributed by atoms with Gasteiger partial charge in [-0.1, -0.05) is 35.9 Å². The van der Waals surface area contributed by atoms with Crippen molar-refractivity contribution < 1.29 is 9.32 Å². The first-order chi connectivity index (χ1) is 11.7. The summed E-state index contributed by atoms with van der Waals surface area (Å²) in [5.41, 5.74) is 2.64. The lowest BCUT2D eigenvalue weighted by atomic mass is 10.1. The third kappa shape index (κ3) is 3.98. The van der Waals surface area contributed by atoms with Crippen molar-refractivity contribution in [2.75, 3.05) is 18.4 Å². The molecule has 2 aromatic carbocycles. The molecule has 0 aliphatic carbocycles. The number of hydrogen-bond donors (Lipinski definition) is 2. The van der Waals surface area contributed by atoms with Crippen LogP contribution in [0.3, 0.4) is 0 Å². The number of amides is 1. The maximum absolute atomic E-state index is 12.0. The molecule has 0 aliphatic rings. The summed E-state index contributed by atoms with van der Waals surface area (Å²) in [6, 6.07) is 17.0. The van der Waals surface area contributed by atoms with Crippen LogP contribution in [-0.2, 0) is 0 Å². The van der Waals surface area contributed by atoms with Gasteiger partial charge in [-0.15, -0.1) is 0 Å². The largest absolute Gasteiger partial charge is 0.350 e. The SMILES string of the molecule is Cc1ccc(C(=O)NCCNc2noc(-c3ccccc3)n2)cc1. The molecule has 0 saturated heterocycles. The van der Waals surface area contributed by atoms with E-state index in [1.807, 2.05) is 61.5 Å². The average molecular weight is 322 g/mol. The van der Waals surface area contributed by atoms with E-state index in [0.29, 0.717) is 30.5 Å². The van der Waals surface area contributed by atoms with E-state index in [9.17, 15) is 4.79 Å². The second-order valence-corrected chi connectivity index (χ2v) is 5.34. The van der Waals surface area contributed by atoms with Gasteiger partial charge in [-0.3, -0.25) is 4.79 Å². The number of anilines is 1. The molecule has 0 unspecified atom stereocenters. The van der Waals surface area contributed by atoms with Crippen molar-refractivity contribution in [3.05, 3.63) is 65.7 Å². The zero-order chi connectivity index (χ0) is 16.8. The van der Waals surface area contributed by atoms with Crippen molar-refractivity contribution in [1.82, 2.24) is 15.5 Å². The predicted molar refractivity (Wildman–Crippen MR) is 91.7 cm³/mol. The molecule has 1 aromatic heterocycles. The summed E-state index contributed by atoms with van der Waals surface area (Å²) >= 11 is 0. The molecule has 3 rings (SSSR count). The molecule has 122 valence electrons. The van der Waals surface area contributed by atoms with Crippen molar-refractivity contribution in [1.29, 1.82) is 0 Å². The minimum absolute atomic E-state index is 0.102. The van der Waals surface area contributed by atoms with Gasteiger partial charge >= 0.3 is 0 Å². The van der Waals surface area contributed by atoms with Gasteiger partial charge in [-0.25, -0.2) is 0 Å². The number of hydrogen-bond acceptors (Lipinski definition) is 5. The lowest BCUT2D eigenvalue weighted by Gasteiger charge is -2.05. The summed E-state index contributed by atoms with van der Waals surface area (Å²) in [5.74, 6) is 0.759. The highest BCUT2D eigenvalue weighted by atomic mass is 16.5. The van der Waals surface area contributed by atoms with Crippen LogP contribution in [0.5, 0.6) is 0 Å². The van der Waals surface area contributed by atoms with Crippen LogP contribution in [0, 0.1) is 6.92 Å². The van der Waals surface area contributed by atoms with Gasteiger partial charge in [0.05, 0.1) is 0 Å². The highest BCUT2D eigenvalue weighted by Crippen LogP contribution is 2.17. The molecule has 24 heavy (non-hydrogen) atoms. The van der Waals surface area contributed by atoms with Gasteiger partial charge in [0.25, 0.3) is 17.7 Å². The van der Waals surface area contributed by atoms with Crippen LogP contribution in [0.15, 0.2) is 59.1 Å². The fourth-order valence-corrected chi connectivity index (χ4v) is 2.15. The molecule has 1 amide bonds. The molecule has 6 nitrogen and oxygen atoms in total. The second-order valence-electron chi connectivity index (χ2n) is 5.34. The minimum Gasteiger partial charge on any atom is -0.350 e. The van der Waals surface area contributed by atoms with Gasteiger partial charge < -0.3 is 15.2 Å². The normalized spacial score (nSPS) is 10.4. The van der Waals surface area contributed by atoms with E-state index >= 15 is 0 Å². The quantitative estimate of drug-likeness (QED) is 0.682. The predicted octanol–water partition coefficient (Wildman–Crippen LogP) is 2.89. The molecule has 3 aromatic rings. The Labute approximate surface area is 139 Å². The molecule has 6 heteroatoms. The monoisotopic (exact) mass is 322 g/mol. The van der Waals surface area contributed by atoms with E-state index in [2.05, 4.69) is 20.8 Å². The Kier molecular flexibility index (Phi) is 4.86. The standard InChI is InChI=1S/C18H18N4O2/c1-13-7-9-14(10-8-13)16(23)19-11-12-20-18-21-17(24-22-18)15-5-3-2-4-6-15/h2-10H,11-12H2,1H3,(H,19,23)(H,20,22). The van der Waals surface area contributed by atoms with Gasteiger partial charge in [0, 0.05) is 24.2 Å². The van der Waals surface area contributed by atoms with Crippen LogP contribution in [0.25, 0.3) is 11.5 Å². The third-order valence-electron chi connectivity index (χ3n) is 3.45. The first-order valence-corrected chi connectivity index (χ1v) is 7.70. The number of aromatic nitrogens is 2. The van der Waals surface area contributed by atoms with Gasteiger partial charge in [-0.2, -0.15) is 4.98 Å². The summed E-state index contributed by atoms with van der Waals surface area (Å²) in [7, 11) is 0.